The van der Waals surface area contributed by atoms with E-state index in [1.165, 1.54) is 22.0 Å². The Morgan fingerprint density at radius 2 is 1.80 bits per heavy atom. The number of para-hydroxylation sites is 1. The quantitative estimate of drug-likeness (QED) is 0.472. The van der Waals surface area contributed by atoms with Gasteiger partial charge in [-0.3, -0.25) is 0 Å². The van der Waals surface area contributed by atoms with Crippen LogP contribution in [-0.2, 0) is 6.42 Å². The molecule has 2 aromatic carbocycles. The van der Waals surface area contributed by atoms with Crippen molar-refractivity contribution in [3.63, 3.8) is 0 Å². The molecular weight excluding hydrogens is 351 g/mol. The summed E-state index contributed by atoms with van der Waals surface area (Å²) in [6, 6.07) is 12.3. The van der Waals surface area contributed by atoms with Gasteiger partial charge in [-0.1, -0.05) is 67.4 Å². The number of rotatable bonds is 6. The Bertz CT molecular complexity index is 881. The molecule has 3 N–H and O–H groups in total. The van der Waals surface area contributed by atoms with Gasteiger partial charge in [0.15, 0.2) is 0 Å². The van der Waals surface area contributed by atoms with Gasteiger partial charge in [-0.2, -0.15) is 0 Å². The third-order valence-electron chi connectivity index (χ3n) is 4.70. The van der Waals surface area contributed by atoms with Crippen molar-refractivity contribution in [3.05, 3.63) is 57.6 Å². The van der Waals surface area contributed by atoms with Crippen molar-refractivity contribution < 1.29 is 0 Å². The molecule has 0 fully saturated rings. The summed E-state index contributed by atoms with van der Waals surface area (Å²) < 4.78 is 0. The molecule has 3 rings (SSSR count). The summed E-state index contributed by atoms with van der Waals surface area (Å²) in [5.41, 5.74) is 11.6. The zero-order valence-corrected chi connectivity index (χ0v) is 16.2. The first-order chi connectivity index (χ1) is 12.0. The van der Waals surface area contributed by atoms with E-state index >= 15 is 0 Å². The van der Waals surface area contributed by atoms with Crippen LogP contribution in [0.4, 0.5) is 0 Å². The van der Waals surface area contributed by atoms with Gasteiger partial charge >= 0.3 is 0 Å². The highest BCUT2D eigenvalue weighted by Crippen LogP contribution is 2.39. The van der Waals surface area contributed by atoms with Gasteiger partial charge in [0, 0.05) is 16.5 Å². The van der Waals surface area contributed by atoms with Crippen molar-refractivity contribution >= 4 is 34.1 Å². The molecule has 1 aromatic heterocycles. The van der Waals surface area contributed by atoms with E-state index in [1.54, 1.807) is 0 Å². The molecule has 132 valence electrons. The molecule has 2 nitrogen and oxygen atoms in total. The standard InChI is InChI=1S/C21H24Cl2N2/c1-13(2)14-8-5-9-16-15(7-3-4-12-24)21(25-20(14)16)17-10-6-11-18(22)19(17)23/h5-6,8-11,13,25H,3-4,7,12,24H2,1-2H3. The fourth-order valence-corrected chi connectivity index (χ4v) is 3.80. The number of H-pyrrole nitrogens is 1. The molecule has 0 spiro atoms. The number of unbranched alkanes of at least 4 members (excludes halogenated alkanes) is 1. The summed E-state index contributed by atoms with van der Waals surface area (Å²) in [6.07, 6.45) is 3.04. The molecule has 0 radical (unpaired) electrons. The van der Waals surface area contributed by atoms with Crippen molar-refractivity contribution in [2.24, 2.45) is 5.73 Å². The van der Waals surface area contributed by atoms with Crippen LogP contribution in [0.1, 0.15) is 43.7 Å². The number of aromatic amines is 1. The van der Waals surface area contributed by atoms with Gasteiger partial charge < -0.3 is 10.7 Å². The minimum atomic E-state index is 0.446. The van der Waals surface area contributed by atoms with Gasteiger partial charge in [0.05, 0.1) is 15.7 Å². The zero-order valence-electron chi connectivity index (χ0n) is 14.7. The predicted octanol–water partition coefficient (Wildman–Crippen LogP) is 6.55. The second kappa shape index (κ2) is 7.82. The summed E-state index contributed by atoms with van der Waals surface area (Å²) in [5.74, 6) is 0.446. The van der Waals surface area contributed by atoms with Crippen LogP contribution in [0.3, 0.4) is 0 Å². The summed E-state index contributed by atoms with van der Waals surface area (Å²) >= 11 is 12.8. The summed E-state index contributed by atoms with van der Waals surface area (Å²) in [4.78, 5) is 3.65. The number of benzene rings is 2. The fourth-order valence-electron chi connectivity index (χ4n) is 3.41. The highest BCUT2D eigenvalue weighted by molar-refractivity contribution is 6.43. The van der Waals surface area contributed by atoms with Crippen molar-refractivity contribution in [1.82, 2.24) is 4.98 Å². The van der Waals surface area contributed by atoms with E-state index in [1.807, 2.05) is 18.2 Å². The molecule has 0 aliphatic rings. The third-order valence-corrected chi connectivity index (χ3v) is 5.52. The molecule has 3 aromatic rings. The molecule has 25 heavy (non-hydrogen) atoms. The number of halogens is 2. The van der Waals surface area contributed by atoms with Crippen molar-refractivity contribution in [2.75, 3.05) is 6.54 Å². The number of nitrogens with one attached hydrogen (secondary N) is 1. The molecule has 0 amide bonds. The van der Waals surface area contributed by atoms with E-state index in [2.05, 4.69) is 37.0 Å². The summed E-state index contributed by atoms with van der Waals surface area (Å²) in [6.45, 7) is 5.15. The number of aryl methyl sites for hydroxylation is 1. The first kappa shape index (κ1) is 18.3. The van der Waals surface area contributed by atoms with Gasteiger partial charge in [-0.15, -0.1) is 0 Å². The van der Waals surface area contributed by atoms with Crippen LogP contribution in [0.25, 0.3) is 22.2 Å². The molecule has 0 atom stereocenters. The van der Waals surface area contributed by atoms with Crippen LogP contribution in [0.2, 0.25) is 10.0 Å². The predicted molar refractivity (Wildman–Crippen MR) is 110 cm³/mol. The Hall–Kier alpha value is -1.48. The lowest BCUT2D eigenvalue weighted by Crippen LogP contribution is -1.99. The van der Waals surface area contributed by atoms with E-state index in [0.29, 0.717) is 22.5 Å². The average Bonchev–Trinajstić information content (AvgIpc) is 2.96. The van der Waals surface area contributed by atoms with Crippen LogP contribution in [-0.4, -0.2) is 11.5 Å². The van der Waals surface area contributed by atoms with E-state index in [4.69, 9.17) is 28.9 Å². The SMILES string of the molecule is CC(C)c1cccc2c(CCCCN)c(-c3cccc(Cl)c3Cl)[nH]c12. The molecule has 4 heteroatoms. The molecule has 0 bridgehead atoms. The van der Waals surface area contributed by atoms with Crippen molar-refractivity contribution in [3.8, 4) is 11.3 Å². The number of fused-ring (bicyclic) bond motifs is 1. The Kier molecular flexibility index (Phi) is 5.73. The van der Waals surface area contributed by atoms with Crippen molar-refractivity contribution in [1.29, 1.82) is 0 Å². The largest absolute Gasteiger partial charge is 0.354 e. The molecule has 0 aliphatic heterocycles. The minimum absolute atomic E-state index is 0.446. The Morgan fingerprint density at radius 1 is 1.04 bits per heavy atom. The number of hydrogen-bond acceptors (Lipinski definition) is 1. The maximum atomic E-state index is 6.52. The highest BCUT2D eigenvalue weighted by atomic mass is 35.5. The fraction of sp³-hybridized carbons (Fsp3) is 0.333. The number of aromatic nitrogens is 1. The first-order valence-electron chi connectivity index (χ1n) is 8.82. The normalized spacial score (nSPS) is 11.6. The highest BCUT2D eigenvalue weighted by Gasteiger charge is 2.18. The lowest BCUT2D eigenvalue weighted by molar-refractivity contribution is 0.748. The van der Waals surface area contributed by atoms with Gasteiger partial charge in [0.2, 0.25) is 0 Å². The van der Waals surface area contributed by atoms with E-state index in [-0.39, 0.29) is 0 Å². The van der Waals surface area contributed by atoms with Crippen LogP contribution < -0.4 is 5.73 Å². The van der Waals surface area contributed by atoms with Gasteiger partial charge in [-0.25, -0.2) is 0 Å². The zero-order chi connectivity index (χ0) is 18.0. The Labute approximate surface area is 159 Å². The Morgan fingerprint density at radius 3 is 2.52 bits per heavy atom. The van der Waals surface area contributed by atoms with E-state index in [9.17, 15) is 0 Å². The average molecular weight is 375 g/mol. The molecule has 0 saturated carbocycles. The molecule has 0 aliphatic carbocycles. The van der Waals surface area contributed by atoms with Crippen LogP contribution >= 0.6 is 23.2 Å². The molecule has 0 saturated heterocycles. The summed E-state index contributed by atoms with van der Waals surface area (Å²) in [7, 11) is 0. The van der Waals surface area contributed by atoms with Gasteiger partial charge in [0.25, 0.3) is 0 Å². The lowest BCUT2D eigenvalue weighted by atomic mass is 9.96. The monoisotopic (exact) mass is 374 g/mol. The van der Waals surface area contributed by atoms with Crippen molar-refractivity contribution in [2.45, 2.75) is 39.0 Å². The Balaban J connectivity index is 2.23. The lowest BCUT2D eigenvalue weighted by Gasteiger charge is -2.08. The maximum Gasteiger partial charge on any atom is 0.0685 e. The van der Waals surface area contributed by atoms with Gasteiger partial charge in [-0.05, 0) is 48.9 Å². The molecular formula is C21H24Cl2N2. The third kappa shape index (κ3) is 3.57. The smallest absolute Gasteiger partial charge is 0.0685 e. The number of hydrogen-bond donors (Lipinski definition) is 2. The van der Waals surface area contributed by atoms with Gasteiger partial charge in [0.1, 0.15) is 0 Å². The van der Waals surface area contributed by atoms with Crippen LogP contribution in [0.5, 0.6) is 0 Å². The second-order valence-corrected chi connectivity index (χ2v) is 7.54. The molecule has 0 unspecified atom stereocenters. The van der Waals surface area contributed by atoms with Crippen LogP contribution in [0.15, 0.2) is 36.4 Å². The minimum Gasteiger partial charge on any atom is -0.354 e. The molecule has 1 heterocycles. The van der Waals surface area contributed by atoms with E-state index in [0.717, 1.165) is 30.5 Å². The first-order valence-corrected chi connectivity index (χ1v) is 9.58. The maximum absolute atomic E-state index is 6.52. The van der Waals surface area contributed by atoms with E-state index < -0.39 is 0 Å². The second-order valence-electron chi connectivity index (χ2n) is 6.75. The van der Waals surface area contributed by atoms with Crippen LogP contribution in [0, 0.1) is 0 Å². The number of nitrogens with two attached hydrogens (primary N) is 1. The topological polar surface area (TPSA) is 41.8 Å². The summed E-state index contributed by atoms with van der Waals surface area (Å²) in [5, 5.41) is 2.45.